The first-order valence-electron chi connectivity index (χ1n) is 6.14. The molecule has 0 aromatic heterocycles. The van der Waals surface area contributed by atoms with Gasteiger partial charge in [-0.25, -0.2) is 4.79 Å². The Balaban J connectivity index is 0.00000324. The zero-order valence-corrected chi connectivity index (χ0v) is 12.6. The van der Waals surface area contributed by atoms with E-state index in [0.717, 1.165) is 24.1 Å². The van der Waals surface area contributed by atoms with Crippen molar-refractivity contribution in [3.63, 3.8) is 0 Å². The van der Waals surface area contributed by atoms with Gasteiger partial charge >= 0.3 is 5.97 Å². The molecule has 1 aromatic rings. The number of halogens is 1. The molecule has 3 nitrogen and oxygen atoms in total. The molecule has 1 aromatic carbocycles. The van der Waals surface area contributed by atoms with Gasteiger partial charge in [0.25, 0.3) is 0 Å². The molecule has 1 rings (SSSR count). The van der Waals surface area contributed by atoms with Gasteiger partial charge in [0, 0.05) is 12.1 Å². The molecule has 0 amide bonds. The van der Waals surface area contributed by atoms with Crippen LogP contribution in [0.4, 0.5) is 0 Å². The molecule has 0 radical (unpaired) electrons. The minimum absolute atomic E-state index is 0. The Morgan fingerprint density at radius 3 is 2.42 bits per heavy atom. The molecule has 0 N–H and O–H groups in total. The van der Waals surface area contributed by atoms with Crippen LogP contribution in [0.1, 0.15) is 18.9 Å². The normalized spacial score (nSPS) is 11.1. The van der Waals surface area contributed by atoms with E-state index < -0.39 is 0 Å². The zero-order valence-electron chi connectivity index (χ0n) is 11.8. The number of carbonyl (C=O) groups excluding carboxylic acids is 1. The fraction of sp³-hybridized carbons (Fsp3) is 0.400. The van der Waals surface area contributed by atoms with Crippen LogP contribution >= 0.6 is 12.4 Å². The van der Waals surface area contributed by atoms with Gasteiger partial charge in [0.15, 0.2) is 0 Å². The van der Waals surface area contributed by atoms with Crippen LogP contribution in [0, 0.1) is 0 Å². The van der Waals surface area contributed by atoms with E-state index in [-0.39, 0.29) is 18.4 Å². The minimum Gasteiger partial charge on any atom is -0.457 e. The van der Waals surface area contributed by atoms with Crippen LogP contribution in [0.2, 0.25) is 0 Å². The van der Waals surface area contributed by atoms with E-state index in [9.17, 15) is 4.79 Å². The summed E-state index contributed by atoms with van der Waals surface area (Å²) in [6.45, 7) is 3.05. The fourth-order valence-corrected chi connectivity index (χ4v) is 1.52. The summed E-state index contributed by atoms with van der Waals surface area (Å²) in [5.41, 5.74) is 1.74. The summed E-state index contributed by atoms with van der Waals surface area (Å²) in [6, 6.07) is 9.71. The summed E-state index contributed by atoms with van der Waals surface area (Å²) in [5, 5.41) is 0. The van der Waals surface area contributed by atoms with E-state index in [4.69, 9.17) is 4.74 Å². The lowest BCUT2D eigenvalue weighted by Crippen LogP contribution is -2.17. The summed E-state index contributed by atoms with van der Waals surface area (Å²) in [6.07, 6.45) is 2.55. The molecular weight excluding hydrogens is 262 g/mol. The quantitative estimate of drug-likeness (QED) is 0.594. The molecule has 0 spiro atoms. The van der Waals surface area contributed by atoms with Gasteiger partial charge < -0.3 is 9.64 Å². The lowest BCUT2D eigenvalue weighted by atomic mass is 10.2. The second-order valence-corrected chi connectivity index (χ2v) is 4.43. The largest absolute Gasteiger partial charge is 0.457 e. The van der Waals surface area contributed by atoms with Crippen LogP contribution in [0.15, 0.2) is 42.0 Å². The van der Waals surface area contributed by atoms with Crippen LogP contribution < -0.4 is 0 Å². The second-order valence-electron chi connectivity index (χ2n) is 4.43. The minimum atomic E-state index is -0.219. The highest BCUT2D eigenvalue weighted by Crippen LogP contribution is 2.08. The molecule has 0 fully saturated rings. The lowest BCUT2D eigenvalue weighted by Gasteiger charge is -2.11. The summed E-state index contributed by atoms with van der Waals surface area (Å²) < 4.78 is 5.29. The Morgan fingerprint density at radius 2 is 1.89 bits per heavy atom. The first kappa shape index (κ1) is 17.7. The smallest absolute Gasteiger partial charge is 0.334 e. The molecule has 0 heterocycles. The molecule has 19 heavy (non-hydrogen) atoms. The van der Waals surface area contributed by atoms with Crippen molar-refractivity contribution in [2.45, 2.75) is 20.0 Å². The number of hydrogen-bond acceptors (Lipinski definition) is 3. The van der Waals surface area contributed by atoms with E-state index in [1.807, 2.05) is 62.3 Å². The van der Waals surface area contributed by atoms with Gasteiger partial charge in [-0.15, -0.1) is 12.4 Å². The zero-order chi connectivity index (χ0) is 13.4. The van der Waals surface area contributed by atoms with Crippen LogP contribution in [0.25, 0.3) is 0 Å². The number of carbonyl (C=O) groups is 1. The average molecular weight is 284 g/mol. The lowest BCUT2D eigenvalue weighted by molar-refractivity contribution is -0.140. The maximum Gasteiger partial charge on any atom is 0.334 e. The molecule has 0 bridgehead atoms. The van der Waals surface area contributed by atoms with Gasteiger partial charge in [-0.2, -0.15) is 0 Å². The Bertz CT molecular complexity index is 402. The summed E-state index contributed by atoms with van der Waals surface area (Å²) >= 11 is 0. The molecule has 0 aliphatic carbocycles. The van der Waals surface area contributed by atoms with Crippen molar-refractivity contribution in [3.05, 3.63) is 47.5 Å². The predicted molar refractivity (Wildman–Crippen MR) is 80.4 cm³/mol. The van der Waals surface area contributed by atoms with Gasteiger partial charge in [-0.05, 0) is 33.0 Å². The number of rotatable bonds is 6. The van der Waals surface area contributed by atoms with E-state index in [1.54, 1.807) is 0 Å². The molecule has 0 saturated carbocycles. The number of nitrogens with zero attached hydrogens (tertiary/aromatic N) is 1. The summed E-state index contributed by atoms with van der Waals surface area (Å²) in [4.78, 5) is 13.9. The number of hydrogen-bond donors (Lipinski definition) is 0. The maximum atomic E-state index is 11.9. The van der Waals surface area contributed by atoms with Crippen molar-refractivity contribution in [2.75, 3.05) is 20.6 Å². The van der Waals surface area contributed by atoms with Crippen LogP contribution in [0.3, 0.4) is 0 Å². The van der Waals surface area contributed by atoms with Gasteiger partial charge in [0.05, 0.1) is 0 Å². The highest BCUT2D eigenvalue weighted by Gasteiger charge is 2.10. The van der Waals surface area contributed by atoms with Crippen molar-refractivity contribution in [1.82, 2.24) is 4.90 Å². The number of ether oxygens (including phenoxy) is 1. The molecule has 0 aliphatic rings. The average Bonchev–Trinajstić information content (AvgIpc) is 2.38. The molecule has 0 aliphatic heterocycles. The van der Waals surface area contributed by atoms with E-state index in [2.05, 4.69) is 0 Å². The second kappa shape index (κ2) is 9.59. The Hall–Kier alpha value is -1.32. The number of esters is 1. The fourth-order valence-electron chi connectivity index (χ4n) is 1.52. The van der Waals surface area contributed by atoms with Crippen molar-refractivity contribution in [3.8, 4) is 0 Å². The van der Waals surface area contributed by atoms with Crippen LogP contribution in [0.5, 0.6) is 0 Å². The van der Waals surface area contributed by atoms with Gasteiger partial charge in [0.1, 0.15) is 6.61 Å². The van der Waals surface area contributed by atoms with Crippen molar-refractivity contribution >= 4 is 18.4 Å². The van der Waals surface area contributed by atoms with E-state index in [0.29, 0.717) is 6.61 Å². The standard InChI is InChI=1S/C15H21NO2.ClH/c1-4-14(10-11-16(2)3)15(17)18-12-13-8-6-5-7-9-13;/h4-9H,10-12H2,1-3H3;1H. The van der Waals surface area contributed by atoms with Crippen molar-refractivity contribution < 1.29 is 9.53 Å². The van der Waals surface area contributed by atoms with Crippen molar-refractivity contribution in [1.29, 1.82) is 0 Å². The predicted octanol–water partition coefficient (Wildman–Crippen LogP) is 3.05. The van der Waals surface area contributed by atoms with Gasteiger partial charge in [-0.1, -0.05) is 36.4 Å². The first-order chi connectivity index (χ1) is 8.63. The summed E-state index contributed by atoms with van der Waals surface area (Å²) in [5.74, 6) is -0.219. The van der Waals surface area contributed by atoms with E-state index >= 15 is 0 Å². The van der Waals surface area contributed by atoms with E-state index in [1.165, 1.54) is 0 Å². The third-order valence-corrected chi connectivity index (χ3v) is 2.65. The first-order valence-corrected chi connectivity index (χ1v) is 6.14. The maximum absolute atomic E-state index is 11.9. The molecule has 0 unspecified atom stereocenters. The third-order valence-electron chi connectivity index (χ3n) is 2.65. The Morgan fingerprint density at radius 1 is 1.26 bits per heavy atom. The highest BCUT2D eigenvalue weighted by molar-refractivity contribution is 5.88. The SMILES string of the molecule is CC=C(CCN(C)C)C(=O)OCc1ccccc1.Cl. The van der Waals surface area contributed by atoms with Crippen LogP contribution in [-0.2, 0) is 16.1 Å². The highest BCUT2D eigenvalue weighted by atomic mass is 35.5. The molecular formula is C15H22ClNO2. The van der Waals surface area contributed by atoms with Gasteiger partial charge in [-0.3, -0.25) is 0 Å². The molecule has 106 valence electrons. The topological polar surface area (TPSA) is 29.5 Å². The molecule has 4 heteroatoms. The monoisotopic (exact) mass is 283 g/mol. The molecule has 0 saturated heterocycles. The molecule has 0 atom stereocenters. The Labute approximate surface area is 121 Å². The number of benzene rings is 1. The van der Waals surface area contributed by atoms with Crippen molar-refractivity contribution in [2.24, 2.45) is 0 Å². The van der Waals surface area contributed by atoms with Gasteiger partial charge in [0.2, 0.25) is 0 Å². The third kappa shape index (κ3) is 6.99. The van der Waals surface area contributed by atoms with Crippen LogP contribution in [-0.4, -0.2) is 31.5 Å². The summed E-state index contributed by atoms with van der Waals surface area (Å²) in [7, 11) is 3.98. The Kier molecular flexibility index (Phi) is 8.92. The number of allylic oxidation sites excluding steroid dienone is 1.